The molecule has 5 heteroatoms. The largest absolute Gasteiger partial charge is 0.382 e. The molecule has 0 aliphatic rings. The lowest BCUT2D eigenvalue weighted by molar-refractivity contribution is 0.603. The number of nitrogens with zero attached hydrogens (tertiary/aromatic N) is 2. The zero-order valence-corrected chi connectivity index (χ0v) is 9.42. The van der Waals surface area contributed by atoms with Gasteiger partial charge in [-0.05, 0) is 19.2 Å². The maximum atomic E-state index is 5.80. The molecule has 1 aromatic heterocycles. The zero-order valence-electron chi connectivity index (χ0n) is 8.60. The van der Waals surface area contributed by atoms with Crippen LogP contribution in [0.4, 0.5) is 5.82 Å². The van der Waals surface area contributed by atoms with Crippen LogP contribution in [-0.4, -0.2) is 23.4 Å². The van der Waals surface area contributed by atoms with Crippen LogP contribution >= 0.6 is 12.4 Å². The first-order chi connectivity index (χ1) is 6.83. The number of para-hydroxylation sites is 1. The van der Waals surface area contributed by atoms with Crippen LogP contribution < -0.4 is 11.1 Å². The van der Waals surface area contributed by atoms with Crippen molar-refractivity contribution in [3.63, 3.8) is 0 Å². The van der Waals surface area contributed by atoms with Gasteiger partial charge in [0.25, 0.3) is 0 Å². The number of likely N-dealkylation sites (N-methyl/N-ethyl adjacent to an activating group) is 1. The molecule has 3 N–H and O–H groups in total. The fourth-order valence-corrected chi connectivity index (χ4v) is 1.54. The molecule has 0 saturated heterocycles. The Balaban J connectivity index is 0.00000112. The van der Waals surface area contributed by atoms with Gasteiger partial charge in [-0.1, -0.05) is 12.1 Å². The standard InChI is InChI=1S/C10H14N4.ClH/c1-12-6-7-14-9-5-3-2-4-8(9)10(11)13-14;/h2-5,12H,6-7H2,1H3,(H2,11,13);1H. The van der Waals surface area contributed by atoms with Crippen LogP contribution in [0.1, 0.15) is 0 Å². The van der Waals surface area contributed by atoms with E-state index < -0.39 is 0 Å². The summed E-state index contributed by atoms with van der Waals surface area (Å²) in [6.45, 7) is 1.74. The van der Waals surface area contributed by atoms with Crippen molar-refractivity contribution >= 4 is 29.1 Å². The van der Waals surface area contributed by atoms with Gasteiger partial charge in [0.15, 0.2) is 5.82 Å². The second kappa shape index (κ2) is 5.00. The van der Waals surface area contributed by atoms with Crippen molar-refractivity contribution in [2.45, 2.75) is 6.54 Å². The summed E-state index contributed by atoms with van der Waals surface area (Å²) in [6, 6.07) is 8.00. The molecule has 2 aromatic rings. The maximum absolute atomic E-state index is 5.80. The average molecular weight is 227 g/mol. The first-order valence-electron chi connectivity index (χ1n) is 4.68. The van der Waals surface area contributed by atoms with Gasteiger partial charge in [-0.3, -0.25) is 4.68 Å². The molecule has 0 atom stereocenters. The van der Waals surface area contributed by atoms with Gasteiger partial charge in [-0.25, -0.2) is 0 Å². The van der Waals surface area contributed by atoms with Crippen LogP contribution in [0.3, 0.4) is 0 Å². The molecule has 0 saturated carbocycles. The summed E-state index contributed by atoms with van der Waals surface area (Å²) in [5.41, 5.74) is 6.89. The van der Waals surface area contributed by atoms with E-state index in [2.05, 4.69) is 10.4 Å². The number of fused-ring (bicyclic) bond motifs is 1. The highest BCUT2D eigenvalue weighted by molar-refractivity contribution is 5.88. The van der Waals surface area contributed by atoms with Gasteiger partial charge in [0.2, 0.25) is 0 Å². The number of aromatic nitrogens is 2. The molecule has 0 aliphatic heterocycles. The summed E-state index contributed by atoms with van der Waals surface area (Å²) in [5, 5.41) is 8.40. The lowest BCUT2D eigenvalue weighted by atomic mass is 10.2. The number of nitrogen functional groups attached to an aromatic ring is 1. The van der Waals surface area contributed by atoms with Gasteiger partial charge >= 0.3 is 0 Å². The topological polar surface area (TPSA) is 55.9 Å². The second-order valence-corrected chi connectivity index (χ2v) is 3.23. The number of nitrogens with one attached hydrogen (secondary N) is 1. The first kappa shape index (κ1) is 11.8. The third-order valence-electron chi connectivity index (χ3n) is 2.26. The summed E-state index contributed by atoms with van der Waals surface area (Å²) in [7, 11) is 1.93. The molecule has 82 valence electrons. The number of benzene rings is 1. The van der Waals surface area contributed by atoms with Crippen LogP contribution in [0.15, 0.2) is 24.3 Å². The fraction of sp³-hybridized carbons (Fsp3) is 0.300. The maximum Gasteiger partial charge on any atom is 0.153 e. The van der Waals surface area contributed by atoms with E-state index in [1.54, 1.807) is 0 Å². The molecule has 0 fully saturated rings. The Morgan fingerprint density at radius 3 is 2.87 bits per heavy atom. The molecule has 1 aromatic carbocycles. The Hall–Kier alpha value is -1.26. The van der Waals surface area contributed by atoms with E-state index >= 15 is 0 Å². The number of rotatable bonds is 3. The quantitative estimate of drug-likeness (QED) is 0.829. The number of anilines is 1. The van der Waals surface area contributed by atoms with Crippen molar-refractivity contribution in [1.82, 2.24) is 15.1 Å². The molecule has 1 heterocycles. The van der Waals surface area contributed by atoms with Crippen LogP contribution in [0.5, 0.6) is 0 Å². The minimum atomic E-state index is 0. The van der Waals surface area contributed by atoms with Gasteiger partial charge in [0.05, 0.1) is 12.1 Å². The molecule has 15 heavy (non-hydrogen) atoms. The Morgan fingerprint density at radius 1 is 1.40 bits per heavy atom. The van der Waals surface area contributed by atoms with Gasteiger partial charge in [-0.15, -0.1) is 12.4 Å². The Bertz CT molecular complexity index is 438. The first-order valence-corrected chi connectivity index (χ1v) is 4.68. The highest BCUT2D eigenvalue weighted by Crippen LogP contribution is 2.19. The average Bonchev–Trinajstić information content (AvgIpc) is 2.54. The number of halogens is 1. The lowest BCUT2D eigenvalue weighted by Gasteiger charge is -2.01. The summed E-state index contributed by atoms with van der Waals surface area (Å²) in [6.07, 6.45) is 0. The van der Waals surface area contributed by atoms with E-state index in [4.69, 9.17) is 5.73 Å². The number of hydrogen-bond donors (Lipinski definition) is 2. The van der Waals surface area contributed by atoms with Gasteiger partial charge in [-0.2, -0.15) is 5.10 Å². The third-order valence-corrected chi connectivity index (χ3v) is 2.26. The van der Waals surface area contributed by atoms with Crippen molar-refractivity contribution in [3.05, 3.63) is 24.3 Å². The van der Waals surface area contributed by atoms with E-state index in [9.17, 15) is 0 Å². The zero-order chi connectivity index (χ0) is 9.97. The van der Waals surface area contributed by atoms with E-state index in [1.165, 1.54) is 0 Å². The predicted octanol–water partition coefficient (Wildman–Crippen LogP) is 1.26. The lowest BCUT2D eigenvalue weighted by Crippen LogP contribution is -2.15. The van der Waals surface area contributed by atoms with E-state index in [0.717, 1.165) is 24.0 Å². The van der Waals surface area contributed by atoms with Crippen molar-refractivity contribution in [1.29, 1.82) is 0 Å². The summed E-state index contributed by atoms with van der Waals surface area (Å²) >= 11 is 0. The van der Waals surface area contributed by atoms with Gasteiger partial charge < -0.3 is 11.1 Å². The van der Waals surface area contributed by atoms with Crippen LogP contribution in [0, 0.1) is 0 Å². The Morgan fingerprint density at radius 2 is 2.13 bits per heavy atom. The van der Waals surface area contributed by atoms with Gasteiger partial charge in [0, 0.05) is 11.9 Å². The van der Waals surface area contributed by atoms with Crippen molar-refractivity contribution < 1.29 is 0 Å². The third kappa shape index (κ3) is 2.22. The summed E-state index contributed by atoms with van der Waals surface area (Å²) < 4.78 is 1.93. The Kier molecular flexibility index (Phi) is 3.94. The normalized spacial score (nSPS) is 10.2. The minimum Gasteiger partial charge on any atom is -0.382 e. The monoisotopic (exact) mass is 226 g/mol. The SMILES string of the molecule is CNCCn1nc(N)c2ccccc21.Cl. The molecule has 4 nitrogen and oxygen atoms in total. The fourth-order valence-electron chi connectivity index (χ4n) is 1.54. The molecular weight excluding hydrogens is 212 g/mol. The molecule has 2 rings (SSSR count). The van der Waals surface area contributed by atoms with Gasteiger partial charge in [0.1, 0.15) is 0 Å². The second-order valence-electron chi connectivity index (χ2n) is 3.23. The van der Waals surface area contributed by atoms with Crippen LogP contribution in [-0.2, 0) is 6.54 Å². The van der Waals surface area contributed by atoms with Crippen molar-refractivity contribution in [2.75, 3.05) is 19.3 Å². The number of hydrogen-bond acceptors (Lipinski definition) is 3. The minimum absolute atomic E-state index is 0. The Labute approximate surface area is 94.9 Å². The molecular formula is C10H15ClN4. The predicted molar refractivity (Wildman–Crippen MR) is 65.3 cm³/mol. The highest BCUT2D eigenvalue weighted by atomic mass is 35.5. The summed E-state index contributed by atoms with van der Waals surface area (Å²) in [5.74, 6) is 0.608. The van der Waals surface area contributed by atoms with Crippen LogP contribution in [0.2, 0.25) is 0 Å². The van der Waals surface area contributed by atoms with E-state index in [0.29, 0.717) is 5.82 Å². The molecule has 0 unspecified atom stereocenters. The summed E-state index contributed by atoms with van der Waals surface area (Å²) in [4.78, 5) is 0. The van der Waals surface area contributed by atoms with E-state index in [1.807, 2.05) is 36.0 Å². The molecule has 0 bridgehead atoms. The smallest absolute Gasteiger partial charge is 0.153 e. The molecule has 0 radical (unpaired) electrons. The molecule has 0 amide bonds. The highest BCUT2D eigenvalue weighted by Gasteiger charge is 2.05. The van der Waals surface area contributed by atoms with Crippen molar-refractivity contribution in [2.24, 2.45) is 0 Å². The van der Waals surface area contributed by atoms with E-state index in [-0.39, 0.29) is 12.4 Å². The van der Waals surface area contributed by atoms with Crippen LogP contribution in [0.25, 0.3) is 10.9 Å². The number of nitrogens with two attached hydrogens (primary N) is 1. The van der Waals surface area contributed by atoms with Crippen molar-refractivity contribution in [3.8, 4) is 0 Å². The molecule has 0 spiro atoms. The molecule has 0 aliphatic carbocycles.